The van der Waals surface area contributed by atoms with E-state index in [1.807, 2.05) is 0 Å². The summed E-state index contributed by atoms with van der Waals surface area (Å²) in [7, 11) is 0. The number of carboxylic acids is 1. The van der Waals surface area contributed by atoms with Gasteiger partial charge < -0.3 is 5.11 Å². The SMILES string of the molecule is Cc1cc(C(F)(F)C(=O)O)nc(Cl)n1. The Kier molecular flexibility index (Phi) is 2.66. The van der Waals surface area contributed by atoms with Crippen molar-refractivity contribution in [1.29, 1.82) is 0 Å². The summed E-state index contributed by atoms with van der Waals surface area (Å²) in [6.45, 7) is 1.41. The van der Waals surface area contributed by atoms with Gasteiger partial charge in [0.15, 0.2) is 0 Å². The summed E-state index contributed by atoms with van der Waals surface area (Å²) in [4.78, 5) is 16.9. The highest BCUT2D eigenvalue weighted by atomic mass is 35.5. The molecule has 0 aliphatic rings. The summed E-state index contributed by atoms with van der Waals surface area (Å²) in [6, 6.07) is 0.875. The Morgan fingerprint density at radius 2 is 2.14 bits per heavy atom. The highest BCUT2D eigenvalue weighted by Gasteiger charge is 2.43. The standard InChI is InChI=1S/C7H5ClF2N2O2/c1-3-2-4(12-6(8)11-3)7(9,10)5(13)14/h2H,1H3,(H,13,14). The fourth-order valence-electron chi connectivity index (χ4n) is 0.803. The molecular weight excluding hydrogens is 218 g/mol. The van der Waals surface area contributed by atoms with Crippen LogP contribution in [-0.2, 0) is 10.7 Å². The number of carboxylic acid groups (broad SMARTS) is 1. The third kappa shape index (κ3) is 1.95. The van der Waals surface area contributed by atoms with E-state index >= 15 is 0 Å². The molecule has 1 N–H and O–H groups in total. The van der Waals surface area contributed by atoms with E-state index in [-0.39, 0.29) is 5.69 Å². The second-order valence-corrected chi connectivity index (χ2v) is 2.88. The van der Waals surface area contributed by atoms with Crippen LogP contribution in [0.25, 0.3) is 0 Å². The van der Waals surface area contributed by atoms with Gasteiger partial charge in [-0.25, -0.2) is 14.8 Å². The second kappa shape index (κ2) is 3.45. The molecule has 1 aromatic heterocycles. The lowest BCUT2D eigenvalue weighted by molar-refractivity contribution is -0.166. The lowest BCUT2D eigenvalue weighted by atomic mass is 10.2. The van der Waals surface area contributed by atoms with Gasteiger partial charge in [0.2, 0.25) is 5.28 Å². The van der Waals surface area contributed by atoms with E-state index in [0.29, 0.717) is 0 Å². The molecule has 0 radical (unpaired) electrons. The minimum Gasteiger partial charge on any atom is -0.476 e. The van der Waals surface area contributed by atoms with Crippen LogP contribution in [0, 0.1) is 6.92 Å². The first-order valence-corrected chi connectivity index (χ1v) is 3.84. The molecule has 1 aromatic rings. The summed E-state index contributed by atoms with van der Waals surface area (Å²) >= 11 is 5.31. The van der Waals surface area contributed by atoms with Crippen molar-refractivity contribution in [1.82, 2.24) is 9.97 Å². The summed E-state index contributed by atoms with van der Waals surface area (Å²) in [5, 5.41) is 7.82. The zero-order chi connectivity index (χ0) is 10.9. The lowest BCUT2D eigenvalue weighted by Gasteiger charge is -2.10. The zero-order valence-corrected chi connectivity index (χ0v) is 7.72. The maximum Gasteiger partial charge on any atom is 0.384 e. The monoisotopic (exact) mass is 222 g/mol. The third-order valence-electron chi connectivity index (χ3n) is 1.42. The number of hydrogen-bond donors (Lipinski definition) is 1. The van der Waals surface area contributed by atoms with Crippen LogP contribution < -0.4 is 0 Å². The highest BCUT2D eigenvalue weighted by molar-refractivity contribution is 6.28. The van der Waals surface area contributed by atoms with E-state index in [1.54, 1.807) is 0 Å². The van der Waals surface area contributed by atoms with Gasteiger partial charge >= 0.3 is 11.9 Å². The normalized spacial score (nSPS) is 11.4. The van der Waals surface area contributed by atoms with Gasteiger partial charge in [-0.05, 0) is 24.6 Å². The summed E-state index contributed by atoms with van der Waals surface area (Å²) in [5.74, 6) is -6.32. The Bertz CT molecular complexity index is 364. The Morgan fingerprint density at radius 1 is 1.57 bits per heavy atom. The molecule has 4 nitrogen and oxygen atoms in total. The van der Waals surface area contributed by atoms with Crippen molar-refractivity contribution >= 4 is 17.6 Å². The molecule has 0 fully saturated rings. The van der Waals surface area contributed by atoms with E-state index in [0.717, 1.165) is 6.07 Å². The molecule has 7 heteroatoms. The Balaban J connectivity index is 3.25. The van der Waals surface area contributed by atoms with Gasteiger partial charge in [-0.15, -0.1) is 0 Å². The van der Waals surface area contributed by atoms with Crippen LogP contribution in [0.3, 0.4) is 0 Å². The zero-order valence-electron chi connectivity index (χ0n) is 6.96. The maximum atomic E-state index is 12.9. The molecule has 0 amide bonds. The molecule has 0 bridgehead atoms. The van der Waals surface area contributed by atoms with Crippen LogP contribution in [0.4, 0.5) is 8.78 Å². The fraction of sp³-hybridized carbons (Fsp3) is 0.286. The number of carbonyl (C=O) groups is 1. The molecule has 76 valence electrons. The minimum absolute atomic E-state index is 0.181. The Labute approximate surface area is 82.6 Å². The smallest absolute Gasteiger partial charge is 0.384 e. The van der Waals surface area contributed by atoms with Gasteiger partial charge in [0, 0.05) is 5.69 Å². The van der Waals surface area contributed by atoms with Gasteiger partial charge in [-0.3, -0.25) is 0 Å². The van der Waals surface area contributed by atoms with Crippen molar-refractivity contribution < 1.29 is 18.7 Å². The van der Waals surface area contributed by atoms with Gasteiger partial charge in [-0.1, -0.05) is 0 Å². The van der Waals surface area contributed by atoms with Crippen molar-refractivity contribution in [3.8, 4) is 0 Å². The first-order chi connectivity index (χ1) is 6.34. The molecule has 0 unspecified atom stereocenters. The maximum absolute atomic E-state index is 12.9. The lowest BCUT2D eigenvalue weighted by Crippen LogP contribution is -2.26. The molecular formula is C7H5ClF2N2O2. The number of hydrogen-bond acceptors (Lipinski definition) is 3. The van der Waals surface area contributed by atoms with Gasteiger partial charge in [0.05, 0.1) is 0 Å². The van der Waals surface area contributed by atoms with Gasteiger partial charge in [0.1, 0.15) is 5.69 Å². The third-order valence-corrected chi connectivity index (χ3v) is 1.59. The number of rotatable bonds is 2. The number of alkyl halides is 2. The topological polar surface area (TPSA) is 63.1 Å². The van der Waals surface area contributed by atoms with E-state index in [9.17, 15) is 13.6 Å². The Morgan fingerprint density at radius 3 is 2.57 bits per heavy atom. The first-order valence-electron chi connectivity index (χ1n) is 3.47. The van der Waals surface area contributed by atoms with Gasteiger partial charge in [-0.2, -0.15) is 8.78 Å². The molecule has 0 aliphatic carbocycles. The number of aryl methyl sites for hydroxylation is 1. The van der Waals surface area contributed by atoms with E-state index < -0.39 is 22.9 Å². The van der Waals surface area contributed by atoms with E-state index in [4.69, 9.17) is 16.7 Å². The van der Waals surface area contributed by atoms with Gasteiger partial charge in [0.25, 0.3) is 0 Å². The molecule has 14 heavy (non-hydrogen) atoms. The van der Waals surface area contributed by atoms with E-state index in [2.05, 4.69) is 9.97 Å². The van der Waals surface area contributed by atoms with E-state index in [1.165, 1.54) is 6.92 Å². The van der Waals surface area contributed by atoms with Crippen molar-refractivity contribution in [2.75, 3.05) is 0 Å². The molecule has 1 rings (SSSR count). The van der Waals surface area contributed by atoms with Crippen molar-refractivity contribution in [3.63, 3.8) is 0 Å². The first kappa shape index (κ1) is 10.8. The van der Waals surface area contributed by atoms with Crippen LogP contribution in [0.5, 0.6) is 0 Å². The molecule has 0 aliphatic heterocycles. The average Bonchev–Trinajstić information content (AvgIpc) is 2.01. The Hall–Kier alpha value is -1.30. The minimum atomic E-state index is -4.04. The molecule has 0 spiro atoms. The fourth-order valence-corrected chi connectivity index (χ4v) is 1.03. The predicted molar refractivity (Wildman–Crippen MR) is 43.3 cm³/mol. The number of aromatic nitrogens is 2. The van der Waals surface area contributed by atoms with Crippen LogP contribution in [0.15, 0.2) is 6.07 Å². The summed E-state index contributed by atoms with van der Waals surface area (Å²) in [5.41, 5.74) is -0.733. The number of nitrogens with zero attached hydrogens (tertiary/aromatic N) is 2. The average molecular weight is 223 g/mol. The summed E-state index contributed by atoms with van der Waals surface area (Å²) in [6.07, 6.45) is 0. The molecule has 0 aromatic carbocycles. The molecule has 0 atom stereocenters. The molecule has 1 heterocycles. The number of halogens is 3. The van der Waals surface area contributed by atoms with Crippen molar-refractivity contribution in [2.45, 2.75) is 12.8 Å². The van der Waals surface area contributed by atoms with Crippen molar-refractivity contribution in [3.05, 3.63) is 22.7 Å². The van der Waals surface area contributed by atoms with Crippen LogP contribution in [0.2, 0.25) is 5.28 Å². The number of aliphatic carboxylic acids is 1. The van der Waals surface area contributed by atoms with Crippen LogP contribution >= 0.6 is 11.6 Å². The predicted octanol–water partition coefficient (Wildman–Crippen LogP) is 1.61. The second-order valence-electron chi connectivity index (χ2n) is 2.54. The molecule has 0 saturated carbocycles. The largest absolute Gasteiger partial charge is 0.476 e. The quantitative estimate of drug-likeness (QED) is 0.773. The summed E-state index contributed by atoms with van der Waals surface area (Å²) < 4.78 is 25.8. The van der Waals surface area contributed by atoms with Crippen LogP contribution in [-0.4, -0.2) is 21.0 Å². The van der Waals surface area contributed by atoms with Crippen LogP contribution in [0.1, 0.15) is 11.4 Å². The molecule has 0 saturated heterocycles. The van der Waals surface area contributed by atoms with Crippen molar-refractivity contribution in [2.24, 2.45) is 0 Å². The highest BCUT2D eigenvalue weighted by Crippen LogP contribution is 2.27.